The van der Waals surface area contributed by atoms with Crippen LogP contribution in [0.2, 0.25) is 0 Å². The predicted octanol–water partition coefficient (Wildman–Crippen LogP) is 1.68. The molecule has 0 aromatic carbocycles. The van der Waals surface area contributed by atoms with Gasteiger partial charge in [-0.15, -0.1) is 0 Å². The van der Waals surface area contributed by atoms with Crippen molar-refractivity contribution in [3.05, 3.63) is 0 Å². The van der Waals surface area contributed by atoms with E-state index >= 15 is 0 Å². The first kappa shape index (κ1) is 7.90. The molecule has 2 fully saturated rings. The Bertz CT molecular complexity index is 193. The van der Waals surface area contributed by atoms with Gasteiger partial charge in [-0.3, -0.25) is 0 Å². The van der Waals surface area contributed by atoms with Gasteiger partial charge in [-0.2, -0.15) is 0 Å². The van der Waals surface area contributed by atoms with E-state index in [-0.39, 0.29) is 12.2 Å². The number of amides is 1. The van der Waals surface area contributed by atoms with Crippen LogP contribution < -0.4 is 5.32 Å². The standard InChI is InChI=1S/C9H15NO2/c1-2-9(4-3-5-9)7-6-10-8(11)12-7/h7H,2-6H2,1H3,(H,10,11). The summed E-state index contributed by atoms with van der Waals surface area (Å²) in [5.74, 6) is 0. The quantitative estimate of drug-likeness (QED) is 0.683. The smallest absolute Gasteiger partial charge is 0.407 e. The Morgan fingerprint density at radius 2 is 2.42 bits per heavy atom. The second-order valence-electron chi connectivity index (χ2n) is 3.84. The van der Waals surface area contributed by atoms with Crippen LogP contribution >= 0.6 is 0 Å². The second-order valence-corrected chi connectivity index (χ2v) is 3.84. The topological polar surface area (TPSA) is 38.3 Å². The van der Waals surface area contributed by atoms with Crippen molar-refractivity contribution in [2.75, 3.05) is 6.54 Å². The average molecular weight is 169 g/mol. The van der Waals surface area contributed by atoms with Crippen molar-refractivity contribution in [1.29, 1.82) is 0 Å². The summed E-state index contributed by atoms with van der Waals surface area (Å²) >= 11 is 0. The van der Waals surface area contributed by atoms with Crippen molar-refractivity contribution in [3.63, 3.8) is 0 Å². The molecule has 0 aromatic heterocycles. The van der Waals surface area contributed by atoms with E-state index < -0.39 is 0 Å². The molecule has 1 amide bonds. The number of alkyl carbamates (subject to hydrolysis) is 1. The fraction of sp³-hybridized carbons (Fsp3) is 0.889. The first-order chi connectivity index (χ1) is 5.77. The van der Waals surface area contributed by atoms with Crippen molar-refractivity contribution in [1.82, 2.24) is 5.32 Å². The number of nitrogens with one attached hydrogen (secondary N) is 1. The molecule has 2 aliphatic rings. The first-order valence-electron chi connectivity index (χ1n) is 4.71. The number of carbonyl (C=O) groups is 1. The van der Waals surface area contributed by atoms with Crippen molar-refractivity contribution in [2.45, 2.75) is 38.7 Å². The summed E-state index contributed by atoms with van der Waals surface area (Å²) in [4.78, 5) is 10.8. The lowest BCUT2D eigenvalue weighted by molar-refractivity contribution is -0.0201. The highest BCUT2D eigenvalue weighted by atomic mass is 16.6. The Morgan fingerprint density at radius 3 is 2.75 bits per heavy atom. The lowest BCUT2D eigenvalue weighted by Gasteiger charge is -2.44. The molecule has 12 heavy (non-hydrogen) atoms. The highest BCUT2D eigenvalue weighted by Crippen LogP contribution is 2.48. The van der Waals surface area contributed by atoms with E-state index in [9.17, 15) is 4.79 Å². The number of hydrogen-bond acceptors (Lipinski definition) is 2. The van der Waals surface area contributed by atoms with Crippen molar-refractivity contribution >= 4 is 6.09 Å². The van der Waals surface area contributed by atoms with Gasteiger partial charge in [-0.25, -0.2) is 4.79 Å². The minimum absolute atomic E-state index is 0.142. The molecule has 3 heteroatoms. The number of cyclic esters (lactones) is 1. The fourth-order valence-electron chi connectivity index (χ4n) is 2.26. The van der Waals surface area contributed by atoms with Gasteiger partial charge in [0.1, 0.15) is 6.10 Å². The van der Waals surface area contributed by atoms with Crippen LogP contribution in [-0.2, 0) is 4.74 Å². The summed E-state index contributed by atoms with van der Waals surface area (Å²) in [6.07, 6.45) is 4.78. The van der Waals surface area contributed by atoms with Gasteiger partial charge in [-0.1, -0.05) is 13.3 Å². The van der Waals surface area contributed by atoms with Crippen LogP contribution in [0.4, 0.5) is 4.79 Å². The molecule has 2 rings (SSSR count). The van der Waals surface area contributed by atoms with Gasteiger partial charge in [-0.05, 0) is 19.3 Å². The zero-order valence-corrected chi connectivity index (χ0v) is 7.43. The largest absolute Gasteiger partial charge is 0.444 e. The molecule has 1 heterocycles. The number of ether oxygens (including phenoxy) is 1. The Hall–Kier alpha value is -0.730. The molecule has 3 nitrogen and oxygen atoms in total. The van der Waals surface area contributed by atoms with Gasteiger partial charge in [0, 0.05) is 5.41 Å². The zero-order chi connectivity index (χ0) is 8.60. The van der Waals surface area contributed by atoms with E-state index in [0.717, 1.165) is 6.42 Å². The Balaban J connectivity index is 2.02. The third-order valence-corrected chi connectivity index (χ3v) is 3.42. The van der Waals surface area contributed by atoms with Crippen LogP contribution in [-0.4, -0.2) is 18.7 Å². The van der Waals surface area contributed by atoms with E-state index in [1.165, 1.54) is 19.3 Å². The summed E-state index contributed by atoms with van der Waals surface area (Å²) in [6, 6.07) is 0. The van der Waals surface area contributed by atoms with Crippen LogP contribution in [0.25, 0.3) is 0 Å². The molecule has 1 saturated heterocycles. The molecule has 0 radical (unpaired) electrons. The summed E-state index contributed by atoms with van der Waals surface area (Å²) in [5.41, 5.74) is 0.319. The minimum atomic E-state index is -0.236. The highest BCUT2D eigenvalue weighted by molar-refractivity contribution is 5.69. The molecule has 1 N–H and O–H groups in total. The number of hydrogen-bond donors (Lipinski definition) is 1. The predicted molar refractivity (Wildman–Crippen MR) is 44.8 cm³/mol. The van der Waals surface area contributed by atoms with Crippen molar-refractivity contribution < 1.29 is 9.53 Å². The summed E-state index contributed by atoms with van der Waals surface area (Å²) in [6.45, 7) is 2.90. The first-order valence-corrected chi connectivity index (χ1v) is 4.71. The molecular formula is C9H15NO2. The summed E-state index contributed by atoms with van der Waals surface area (Å²) in [7, 11) is 0. The number of rotatable bonds is 2. The van der Waals surface area contributed by atoms with E-state index in [0.29, 0.717) is 12.0 Å². The lowest BCUT2D eigenvalue weighted by atomic mass is 9.63. The molecule has 1 aliphatic carbocycles. The Morgan fingerprint density at radius 1 is 1.67 bits per heavy atom. The van der Waals surface area contributed by atoms with Crippen molar-refractivity contribution in [3.8, 4) is 0 Å². The molecule has 0 spiro atoms. The van der Waals surface area contributed by atoms with Gasteiger partial charge >= 0.3 is 6.09 Å². The van der Waals surface area contributed by atoms with Gasteiger partial charge in [0.05, 0.1) is 6.54 Å². The maximum atomic E-state index is 10.8. The fourth-order valence-corrected chi connectivity index (χ4v) is 2.26. The monoisotopic (exact) mass is 169 g/mol. The van der Waals surface area contributed by atoms with Crippen LogP contribution in [0, 0.1) is 5.41 Å². The zero-order valence-electron chi connectivity index (χ0n) is 7.43. The molecule has 1 saturated carbocycles. The van der Waals surface area contributed by atoms with E-state index in [1.807, 2.05) is 0 Å². The molecule has 1 atom stereocenters. The van der Waals surface area contributed by atoms with E-state index in [1.54, 1.807) is 0 Å². The SMILES string of the molecule is CCC1(C2CNC(=O)O2)CCC1. The van der Waals surface area contributed by atoms with Crippen molar-refractivity contribution in [2.24, 2.45) is 5.41 Å². The molecule has 0 aromatic rings. The number of carbonyl (C=O) groups excluding carboxylic acids is 1. The van der Waals surface area contributed by atoms with Gasteiger partial charge < -0.3 is 10.1 Å². The maximum absolute atomic E-state index is 10.8. The average Bonchev–Trinajstić information content (AvgIpc) is 2.35. The normalized spacial score (nSPS) is 32.1. The van der Waals surface area contributed by atoms with Gasteiger partial charge in [0.15, 0.2) is 0 Å². The van der Waals surface area contributed by atoms with E-state index in [4.69, 9.17) is 4.74 Å². The molecular weight excluding hydrogens is 154 g/mol. The Labute approximate surface area is 72.5 Å². The second kappa shape index (κ2) is 2.64. The molecule has 68 valence electrons. The van der Waals surface area contributed by atoms with Crippen LogP contribution in [0.5, 0.6) is 0 Å². The molecule has 0 bridgehead atoms. The van der Waals surface area contributed by atoms with Crippen LogP contribution in [0.1, 0.15) is 32.6 Å². The minimum Gasteiger partial charge on any atom is -0.444 e. The molecule has 1 aliphatic heterocycles. The third-order valence-electron chi connectivity index (χ3n) is 3.42. The lowest BCUT2D eigenvalue weighted by Crippen LogP contribution is -2.42. The highest BCUT2D eigenvalue weighted by Gasteiger charge is 2.46. The van der Waals surface area contributed by atoms with Crippen LogP contribution in [0.15, 0.2) is 0 Å². The Kier molecular flexibility index (Phi) is 1.74. The summed E-state index contributed by atoms with van der Waals surface area (Å²) < 4.78 is 5.21. The maximum Gasteiger partial charge on any atom is 0.407 e. The van der Waals surface area contributed by atoms with Gasteiger partial charge in [0.25, 0.3) is 0 Å². The van der Waals surface area contributed by atoms with Gasteiger partial charge in [0.2, 0.25) is 0 Å². The third kappa shape index (κ3) is 0.993. The summed E-state index contributed by atoms with van der Waals surface area (Å²) in [5, 5.41) is 2.72. The van der Waals surface area contributed by atoms with E-state index in [2.05, 4.69) is 12.2 Å². The van der Waals surface area contributed by atoms with Crippen LogP contribution in [0.3, 0.4) is 0 Å². The molecule has 1 unspecified atom stereocenters.